The highest BCUT2D eigenvalue weighted by atomic mass is 16.5. The smallest absolute Gasteiger partial charge is 0.140 e. The Balaban J connectivity index is 0.000000606. The second kappa shape index (κ2) is 5.00. The molecular formula is C13H23NO2. The quantitative estimate of drug-likeness (QED) is 0.734. The number of ether oxygens (including phenoxy) is 1. The van der Waals surface area contributed by atoms with Gasteiger partial charge in [0.2, 0.25) is 0 Å². The molecule has 0 radical (unpaired) electrons. The topological polar surface area (TPSA) is 35.3 Å². The van der Waals surface area contributed by atoms with Crippen molar-refractivity contribution < 1.29 is 9.26 Å². The minimum Gasteiger partial charge on any atom is -0.370 e. The Bertz CT molecular complexity index is 344. The van der Waals surface area contributed by atoms with Crippen LogP contribution >= 0.6 is 0 Å². The van der Waals surface area contributed by atoms with Gasteiger partial charge in [-0.2, -0.15) is 0 Å². The van der Waals surface area contributed by atoms with Crippen molar-refractivity contribution in [1.29, 1.82) is 0 Å². The van der Waals surface area contributed by atoms with Crippen molar-refractivity contribution in [2.75, 3.05) is 6.61 Å². The highest BCUT2D eigenvalue weighted by Crippen LogP contribution is 2.40. The molecule has 0 aromatic carbocycles. The SMILES string of the molecule is CC.Cc1onc2c1C(C)(C(C)C)OCC2. The minimum absolute atomic E-state index is 0.225. The van der Waals surface area contributed by atoms with Crippen molar-refractivity contribution >= 4 is 0 Å². The van der Waals surface area contributed by atoms with E-state index in [4.69, 9.17) is 9.26 Å². The van der Waals surface area contributed by atoms with Crippen LogP contribution in [0.2, 0.25) is 0 Å². The molecule has 3 nitrogen and oxygen atoms in total. The lowest BCUT2D eigenvalue weighted by atomic mass is 9.82. The van der Waals surface area contributed by atoms with E-state index >= 15 is 0 Å². The summed E-state index contributed by atoms with van der Waals surface area (Å²) < 4.78 is 11.1. The molecule has 0 amide bonds. The van der Waals surface area contributed by atoms with E-state index in [-0.39, 0.29) is 5.60 Å². The van der Waals surface area contributed by atoms with E-state index in [1.807, 2.05) is 20.8 Å². The van der Waals surface area contributed by atoms with Gasteiger partial charge >= 0.3 is 0 Å². The lowest BCUT2D eigenvalue weighted by Gasteiger charge is -2.37. The Morgan fingerprint density at radius 3 is 2.50 bits per heavy atom. The molecule has 1 aliphatic heterocycles. The molecular weight excluding hydrogens is 202 g/mol. The monoisotopic (exact) mass is 225 g/mol. The van der Waals surface area contributed by atoms with Gasteiger partial charge in [0.15, 0.2) is 0 Å². The average molecular weight is 225 g/mol. The number of hydrogen-bond acceptors (Lipinski definition) is 3. The largest absolute Gasteiger partial charge is 0.370 e. The van der Waals surface area contributed by atoms with Gasteiger partial charge in [-0.25, -0.2) is 0 Å². The Morgan fingerprint density at radius 2 is 1.94 bits per heavy atom. The van der Waals surface area contributed by atoms with Crippen molar-refractivity contribution in [2.24, 2.45) is 5.92 Å². The average Bonchev–Trinajstić information content (AvgIpc) is 2.65. The first-order chi connectivity index (χ1) is 7.55. The molecule has 0 aliphatic carbocycles. The van der Waals surface area contributed by atoms with Crippen LogP contribution in [-0.4, -0.2) is 11.8 Å². The first kappa shape index (κ1) is 13.2. The molecule has 1 aromatic heterocycles. The van der Waals surface area contributed by atoms with E-state index in [1.54, 1.807) is 0 Å². The summed E-state index contributed by atoms with van der Waals surface area (Å²) in [5.74, 6) is 1.33. The molecule has 0 N–H and O–H groups in total. The molecule has 92 valence electrons. The van der Waals surface area contributed by atoms with Crippen LogP contribution in [0.15, 0.2) is 4.52 Å². The maximum Gasteiger partial charge on any atom is 0.140 e. The Morgan fingerprint density at radius 1 is 1.31 bits per heavy atom. The highest BCUT2D eigenvalue weighted by Gasteiger charge is 2.40. The fourth-order valence-corrected chi connectivity index (χ4v) is 2.11. The maximum atomic E-state index is 5.89. The number of fused-ring (bicyclic) bond motifs is 1. The normalized spacial score (nSPS) is 23.7. The van der Waals surface area contributed by atoms with E-state index < -0.39 is 0 Å². The van der Waals surface area contributed by atoms with Gasteiger partial charge in [-0.3, -0.25) is 0 Å². The van der Waals surface area contributed by atoms with Gasteiger partial charge in [0.05, 0.1) is 17.9 Å². The van der Waals surface area contributed by atoms with Crippen LogP contribution in [-0.2, 0) is 16.8 Å². The summed E-state index contributed by atoms with van der Waals surface area (Å²) in [5.41, 5.74) is 2.02. The Kier molecular flexibility index (Phi) is 4.14. The molecule has 2 rings (SSSR count). The highest BCUT2D eigenvalue weighted by molar-refractivity contribution is 5.31. The molecule has 1 atom stereocenters. The molecule has 0 fully saturated rings. The van der Waals surface area contributed by atoms with Gasteiger partial charge in [0, 0.05) is 12.0 Å². The first-order valence-corrected chi connectivity index (χ1v) is 6.15. The maximum absolute atomic E-state index is 5.89. The molecule has 3 heteroatoms. The van der Waals surface area contributed by atoms with Gasteiger partial charge in [-0.1, -0.05) is 32.9 Å². The third-order valence-corrected chi connectivity index (χ3v) is 3.27. The summed E-state index contributed by atoms with van der Waals surface area (Å²) >= 11 is 0. The van der Waals surface area contributed by atoms with Crippen molar-refractivity contribution in [1.82, 2.24) is 5.16 Å². The summed E-state index contributed by atoms with van der Waals surface area (Å²) in [4.78, 5) is 0. The Labute approximate surface area is 98.2 Å². The number of rotatable bonds is 1. The molecule has 2 heterocycles. The van der Waals surface area contributed by atoms with E-state index in [2.05, 4.69) is 25.9 Å². The minimum atomic E-state index is -0.225. The van der Waals surface area contributed by atoms with Gasteiger partial charge in [0.25, 0.3) is 0 Å². The predicted octanol–water partition coefficient (Wildman–Crippen LogP) is 3.45. The summed E-state index contributed by atoms with van der Waals surface area (Å²) in [6.45, 7) is 13.2. The van der Waals surface area contributed by atoms with Crippen LogP contribution < -0.4 is 0 Å². The van der Waals surface area contributed by atoms with Crippen LogP contribution in [0.5, 0.6) is 0 Å². The zero-order valence-corrected chi connectivity index (χ0v) is 11.3. The fraction of sp³-hybridized carbons (Fsp3) is 0.769. The van der Waals surface area contributed by atoms with Crippen LogP contribution in [0.4, 0.5) is 0 Å². The summed E-state index contributed by atoms with van der Waals surface area (Å²) in [6, 6.07) is 0. The second-order valence-corrected chi connectivity index (χ2v) is 4.42. The molecule has 16 heavy (non-hydrogen) atoms. The lowest BCUT2D eigenvalue weighted by molar-refractivity contribution is -0.0799. The molecule has 0 bridgehead atoms. The first-order valence-electron chi connectivity index (χ1n) is 6.15. The fourth-order valence-electron chi connectivity index (χ4n) is 2.11. The zero-order chi connectivity index (χ0) is 12.3. The lowest BCUT2D eigenvalue weighted by Crippen LogP contribution is -2.37. The Hall–Kier alpha value is -0.830. The van der Waals surface area contributed by atoms with Gasteiger partial charge in [0.1, 0.15) is 5.76 Å². The number of hydrogen-bond donors (Lipinski definition) is 0. The standard InChI is InChI=1S/C11H17NO2.C2H6/c1-7(2)11(4)10-8(3)14-12-9(10)5-6-13-11;1-2/h7H,5-6H2,1-4H3;1-2H3. The third-order valence-electron chi connectivity index (χ3n) is 3.27. The summed E-state index contributed by atoms with van der Waals surface area (Å²) in [6.07, 6.45) is 0.870. The van der Waals surface area contributed by atoms with Gasteiger partial charge in [-0.05, 0) is 19.8 Å². The predicted molar refractivity (Wildman–Crippen MR) is 64.4 cm³/mol. The van der Waals surface area contributed by atoms with Crippen LogP contribution in [0.3, 0.4) is 0 Å². The van der Waals surface area contributed by atoms with Crippen molar-refractivity contribution in [2.45, 2.75) is 53.6 Å². The van der Waals surface area contributed by atoms with E-state index in [9.17, 15) is 0 Å². The summed E-state index contributed by atoms with van der Waals surface area (Å²) in [7, 11) is 0. The van der Waals surface area contributed by atoms with E-state index in [0.717, 1.165) is 24.5 Å². The van der Waals surface area contributed by atoms with E-state index in [0.29, 0.717) is 5.92 Å². The summed E-state index contributed by atoms with van der Waals surface area (Å²) in [5, 5.41) is 4.08. The van der Waals surface area contributed by atoms with Crippen LogP contribution in [0.25, 0.3) is 0 Å². The van der Waals surface area contributed by atoms with Crippen molar-refractivity contribution in [3.63, 3.8) is 0 Å². The third kappa shape index (κ3) is 2.01. The molecule has 0 spiro atoms. The molecule has 1 aliphatic rings. The number of aryl methyl sites for hydroxylation is 1. The van der Waals surface area contributed by atoms with Crippen LogP contribution in [0.1, 0.15) is 51.6 Å². The zero-order valence-electron chi connectivity index (χ0n) is 11.3. The van der Waals surface area contributed by atoms with E-state index in [1.165, 1.54) is 5.56 Å². The van der Waals surface area contributed by atoms with Gasteiger partial charge < -0.3 is 9.26 Å². The number of nitrogens with zero attached hydrogens (tertiary/aromatic N) is 1. The van der Waals surface area contributed by atoms with Crippen molar-refractivity contribution in [3.05, 3.63) is 17.0 Å². The number of aromatic nitrogens is 1. The van der Waals surface area contributed by atoms with Gasteiger partial charge in [-0.15, -0.1) is 0 Å². The molecule has 1 unspecified atom stereocenters. The molecule has 0 saturated carbocycles. The van der Waals surface area contributed by atoms with Crippen LogP contribution in [0, 0.1) is 12.8 Å². The molecule has 1 aromatic rings. The van der Waals surface area contributed by atoms with Crippen molar-refractivity contribution in [3.8, 4) is 0 Å². The molecule has 0 saturated heterocycles. The second-order valence-electron chi connectivity index (χ2n) is 4.42.